The lowest BCUT2D eigenvalue weighted by atomic mass is 9.97. The number of nitrogens with one attached hydrogen (secondary N) is 2. The second kappa shape index (κ2) is 7.99. The molecule has 1 saturated carbocycles. The van der Waals surface area contributed by atoms with Crippen molar-refractivity contribution in [3.63, 3.8) is 0 Å². The monoisotopic (exact) mass is 283 g/mol. The minimum atomic E-state index is 0.229. The van der Waals surface area contributed by atoms with Gasteiger partial charge in [-0.15, -0.1) is 0 Å². The Morgan fingerprint density at radius 2 is 1.60 bits per heavy atom. The molecule has 0 spiro atoms. The SMILES string of the molecule is C[C@H]1C[NH+](CC(=O)NC2CCCCCCC2)C[C@H](C)O1. The Morgan fingerprint density at radius 1 is 1.05 bits per heavy atom. The van der Waals surface area contributed by atoms with E-state index in [2.05, 4.69) is 19.2 Å². The number of carbonyl (C=O) groups is 1. The normalized spacial score (nSPS) is 33.2. The summed E-state index contributed by atoms with van der Waals surface area (Å²) in [5.41, 5.74) is 0. The summed E-state index contributed by atoms with van der Waals surface area (Å²) in [5.74, 6) is 0.229. The molecule has 0 aromatic rings. The van der Waals surface area contributed by atoms with Crippen LogP contribution in [-0.2, 0) is 9.53 Å². The van der Waals surface area contributed by atoms with Crippen LogP contribution in [0.5, 0.6) is 0 Å². The molecule has 2 rings (SSSR count). The van der Waals surface area contributed by atoms with Gasteiger partial charge in [-0.1, -0.05) is 32.1 Å². The predicted molar refractivity (Wildman–Crippen MR) is 79.8 cm³/mol. The Morgan fingerprint density at radius 3 is 2.20 bits per heavy atom. The molecule has 1 aliphatic carbocycles. The maximum atomic E-state index is 12.2. The first-order valence-corrected chi connectivity index (χ1v) is 8.42. The Kier molecular flexibility index (Phi) is 6.30. The summed E-state index contributed by atoms with van der Waals surface area (Å²) in [4.78, 5) is 13.6. The van der Waals surface area contributed by atoms with E-state index in [0.717, 1.165) is 25.9 Å². The quantitative estimate of drug-likeness (QED) is 0.808. The fraction of sp³-hybridized carbons (Fsp3) is 0.938. The summed E-state index contributed by atoms with van der Waals surface area (Å²) in [6.45, 7) is 6.70. The molecular weight excluding hydrogens is 252 g/mol. The molecule has 0 aromatic heterocycles. The van der Waals surface area contributed by atoms with Crippen molar-refractivity contribution in [2.24, 2.45) is 0 Å². The van der Waals surface area contributed by atoms with Gasteiger partial charge in [0.2, 0.25) is 0 Å². The third kappa shape index (κ3) is 5.41. The van der Waals surface area contributed by atoms with Crippen molar-refractivity contribution < 1.29 is 14.4 Å². The van der Waals surface area contributed by atoms with Gasteiger partial charge in [0.05, 0.1) is 0 Å². The summed E-state index contributed by atoms with van der Waals surface area (Å²) >= 11 is 0. The Balaban J connectivity index is 1.73. The zero-order valence-corrected chi connectivity index (χ0v) is 13.1. The zero-order valence-electron chi connectivity index (χ0n) is 13.1. The largest absolute Gasteiger partial charge is 0.364 e. The van der Waals surface area contributed by atoms with E-state index in [1.54, 1.807) is 0 Å². The van der Waals surface area contributed by atoms with Gasteiger partial charge in [-0.25, -0.2) is 0 Å². The van der Waals surface area contributed by atoms with E-state index in [1.807, 2.05) is 0 Å². The van der Waals surface area contributed by atoms with Crippen LogP contribution in [0.4, 0.5) is 0 Å². The van der Waals surface area contributed by atoms with E-state index in [1.165, 1.54) is 37.0 Å². The van der Waals surface area contributed by atoms with Crippen molar-refractivity contribution >= 4 is 5.91 Å². The molecule has 1 amide bonds. The number of quaternary nitrogens is 1. The lowest BCUT2D eigenvalue weighted by molar-refractivity contribution is -0.907. The maximum absolute atomic E-state index is 12.2. The molecule has 0 unspecified atom stereocenters. The summed E-state index contributed by atoms with van der Waals surface area (Å²) < 4.78 is 5.73. The van der Waals surface area contributed by atoms with Crippen molar-refractivity contribution in [3.05, 3.63) is 0 Å². The number of amides is 1. The van der Waals surface area contributed by atoms with Gasteiger partial charge < -0.3 is 15.0 Å². The standard InChI is InChI=1S/C16H30N2O2/c1-13-10-18(11-14(2)20-13)12-16(19)17-15-8-6-4-3-5-7-9-15/h13-15H,3-12H2,1-2H3,(H,17,19)/p+1/t13-,14-/m0/s1. The average molecular weight is 283 g/mol. The van der Waals surface area contributed by atoms with Gasteiger partial charge in [-0.3, -0.25) is 4.79 Å². The third-order valence-corrected chi connectivity index (χ3v) is 4.50. The van der Waals surface area contributed by atoms with Crippen molar-refractivity contribution in [2.45, 2.75) is 77.0 Å². The Labute approximate surface area is 123 Å². The summed E-state index contributed by atoms with van der Waals surface area (Å²) in [7, 11) is 0. The fourth-order valence-electron chi connectivity index (χ4n) is 3.64. The van der Waals surface area contributed by atoms with Crippen molar-refractivity contribution in [2.75, 3.05) is 19.6 Å². The molecule has 2 N–H and O–H groups in total. The van der Waals surface area contributed by atoms with Crippen molar-refractivity contribution in [1.29, 1.82) is 0 Å². The van der Waals surface area contributed by atoms with Gasteiger partial charge in [-0.2, -0.15) is 0 Å². The Hall–Kier alpha value is -0.610. The first-order chi connectivity index (χ1) is 9.63. The van der Waals surface area contributed by atoms with E-state index in [-0.39, 0.29) is 18.1 Å². The van der Waals surface area contributed by atoms with Gasteiger partial charge in [0.25, 0.3) is 5.91 Å². The lowest BCUT2D eigenvalue weighted by Crippen LogP contribution is -3.16. The molecule has 0 bridgehead atoms. The second-order valence-corrected chi connectivity index (χ2v) is 6.70. The highest BCUT2D eigenvalue weighted by Crippen LogP contribution is 2.16. The molecule has 1 heterocycles. The van der Waals surface area contributed by atoms with Gasteiger partial charge >= 0.3 is 0 Å². The summed E-state index contributed by atoms with van der Waals surface area (Å²) in [6.07, 6.45) is 9.42. The lowest BCUT2D eigenvalue weighted by Gasteiger charge is -2.32. The molecule has 0 aromatic carbocycles. The smallest absolute Gasteiger partial charge is 0.275 e. The number of ether oxygens (including phenoxy) is 1. The number of carbonyl (C=O) groups excluding carboxylic acids is 1. The van der Waals surface area contributed by atoms with E-state index in [4.69, 9.17) is 4.74 Å². The van der Waals surface area contributed by atoms with Crippen LogP contribution >= 0.6 is 0 Å². The van der Waals surface area contributed by atoms with Crippen LogP contribution in [0, 0.1) is 0 Å². The first-order valence-electron chi connectivity index (χ1n) is 8.42. The summed E-state index contributed by atoms with van der Waals surface area (Å²) in [6, 6.07) is 0.415. The van der Waals surface area contributed by atoms with Crippen LogP contribution in [0.25, 0.3) is 0 Å². The highest BCUT2D eigenvalue weighted by atomic mass is 16.5. The number of morpholine rings is 1. The van der Waals surface area contributed by atoms with Crippen LogP contribution in [-0.4, -0.2) is 43.8 Å². The molecule has 1 aliphatic heterocycles. The first kappa shape index (κ1) is 15.8. The molecule has 1 saturated heterocycles. The zero-order chi connectivity index (χ0) is 14.4. The molecule has 0 radical (unpaired) electrons. The molecular formula is C16H31N2O2+. The van der Waals surface area contributed by atoms with E-state index < -0.39 is 0 Å². The van der Waals surface area contributed by atoms with E-state index >= 15 is 0 Å². The predicted octanol–water partition coefficient (Wildman–Crippen LogP) is 0.908. The molecule has 20 heavy (non-hydrogen) atoms. The van der Waals surface area contributed by atoms with Crippen LogP contribution in [0.1, 0.15) is 58.8 Å². The molecule has 2 aliphatic rings. The molecule has 4 heteroatoms. The molecule has 2 atom stereocenters. The maximum Gasteiger partial charge on any atom is 0.275 e. The minimum Gasteiger partial charge on any atom is -0.364 e. The number of hydrogen-bond acceptors (Lipinski definition) is 2. The van der Waals surface area contributed by atoms with Crippen LogP contribution in [0.2, 0.25) is 0 Å². The highest BCUT2D eigenvalue weighted by Gasteiger charge is 2.27. The van der Waals surface area contributed by atoms with Crippen LogP contribution < -0.4 is 10.2 Å². The van der Waals surface area contributed by atoms with Gasteiger partial charge in [0, 0.05) is 6.04 Å². The molecule has 2 fully saturated rings. The number of rotatable bonds is 3. The van der Waals surface area contributed by atoms with E-state index in [9.17, 15) is 4.79 Å². The van der Waals surface area contributed by atoms with Crippen LogP contribution in [0.15, 0.2) is 0 Å². The molecule has 116 valence electrons. The average Bonchev–Trinajstić information content (AvgIpc) is 2.31. The number of hydrogen-bond donors (Lipinski definition) is 2. The van der Waals surface area contributed by atoms with Crippen molar-refractivity contribution in [3.8, 4) is 0 Å². The van der Waals surface area contributed by atoms with Crippen molar-refractivity contribution in [1.82, 2.24) is 5.32 Å². The van der Waals surface area contributed by atoms with Gasteiger partial charge in [0.1, 0.15) is 25.3 Å². The molecule has 4 nitrogen and oxygen atoms in total. The Bertz CT molecular complexity index is 291. The third-order valence-electron chi connectivity index (χ3n) is 4.50. The van der Waals surface area contributed by atoms with Gasteiger partial charge in [0.15, 0.2) is 6.54 Å². The topological polar surface area (TPSA) is 42.8 Å². The van der Waals surface area contributed by atoms with Gasteiger partial charge in [-0.05, 0) is 26.7 Å². The fourth-order valence-corrected chi connectivity index (χ4v) is 3.64. The second-order valence-electron chi connectivity index (χ2n) is 6.70. The minimum absolute atomic E-state index is 0.229. The van der Waals surface area contributed by atoms with Crippen LogP contribution in [0.3, 0.4) is 0 Å². The highest BCUT2D eigenvalue weighted by molar-refractivity contribution is 5.77. The van der Waals surface area contributed by atoms with E-state index in [0.29, 0.717) is 12.6 Å². The summed E-state index contributed by atoms with van der Waals surface area (Å²) in [5, 5.41) is 3.26.